The molecular weight excluding hydrogens is 524 g/mol. The van der Waals surface area contributed by atoms with E-state index in [1.54, 1.807) is 12.3 Å². The highest BCUT2D eigenvalue weighted by Gasteiger charge is 2.12. The third kappa shape index (κ3) is 5.34. The Labute approximate surface area is 161 Å². The number of hydrogen-bond acceptors (Lipinski definition) is 4. The Kier molecular flexibility index (Phi) is 6.63. The second kappa shape index (κ2) is 8.48. The van der Waals surface area contributed by atoms with Crippen molar-refractivity contribution >= 4 is 63.1 Å². The summed E-state index contributed by atoms with van der Waals surface area (Å²) in [6, 6.07) is 11.5. The molecule has 0 unspecified atom stereocenters. The first-order valence-corrected chi connectivity index (χ1v) is 8.67. The van der Waals surface area contributed by atoms with Gasteiger partial charge in [0, 0.05) is 9.78 Å². The largest absolute Gasteiger partial charge is 0.493 e. The number of hydrogen-bond donors (Lipinski definition) is 1. The van der Waals surface area contributed by atoms with E-state index >= 15 is 0 Å². The first-order valence-electron chi connectivity index (χ1n) is 6.51. The molecule has 2 aromatic rings. The molecule has 0 heterocycles. The first kappa shape index (κ1) is 18.0. The highest BCUT2D eigenvalue weighted by molar-refractivity contribution is 14.1. The van der Waals surface area contributed by atoms with Crippen LogP contribution in [0.1, 0.15) is 5.56 Å². The standard InChI is InChI=1S/C16H13I2NO4/c1-22-14-7-10(6-13(18)16(14)23-9-15(20)21)8-19-12-4-2-11(17)3-5-12/h2-8H,9H2,1H3,(H,20,21). The van der Waals surface area contributed by atoms with Gasteiger partial charge in [0.2, 0.25) is 0 Å². The maximum absolute atomic E-state index is 10.6. The zero-order valence-corrected chi connectivity index (χ0v) is 16.4. The van der Waals surface area contributed by atoms with Crippen LogP contribution in [0.15, 0.2) is 41.4 Å². The predicted molar refractivity (Wildman–Crippen MR) is 105 cm³/mol. The van der Waals surface area contributed by atoms with E-state index in [0.29, 0.717) is 11.5 Å². The number of carboxylic acids is 1. The lowest BCUT2D eigenvalue weighted by Crippen LogP contribution is -2.11. The fourth-order valence-electron chi connectivity index (χ4n) is 1.76. The van der Waals surface area contributed by atoms with Crippen molar-refractivity contribution < 1.29 is 19.4 Å². The maximum atomic E-state index is 10.6. The molecule has 0 bridgehead atoms. The number of aliphatic imine (C=N–C) groups is 1. The Hall–Kier alpha value is -1.36. The number of benzene rings is 2. The molecule has 2 rings (SSSR count). The van der Waals surface area contributed by atoms with Crippen LogP contribution in [0.3, 0.4) is 0 Å². The van der Waals surface area contributed by atoms with Crippen molar-refractivity contribution in [3.63, 3.8) is 0 Å². The van der Waals surface area contributed by atoms with E-state index in [-0.39, 0.29) is 0 Å². The van der Waals surface area contributed by atoms with Crippen molar-refractivity contribution in [1.29, 1.82) is 0 Å². The van der Waals surface area contributed by atoms with Crippen molar-refractivity contribution in [2.45, 2.75) is 0 Å². The molecule has 0 atom stereocenters. The summed E-state index contributed by atoms with van der Waals surface area (Å²) in [5, 5.41) is 8.72. The van der Waals surface area contributed by atoms with E-state index in [1.165, 1.54) is 7.11 Å². The van der Waals surface area contributed by atoms with Gasteiger partial charge in [-0.25, -0.2) is 4.79 Å². The van der Waals surface area contributed by atoms with Gasteiger partial charge in [-0.2, -0.15) is 0 Å². The molecule has 1 N–H and O–H groups in total. The van der Waals surface area contributed by atoms with Crippen LogP contribution in [-0.4, -0.2) is 31.0 Å². The second-order valence-electron chi connectivity index (χ2n) is 4.45. The highest BCUT2D eigenvalue weighted by atomic mass is 127. The predicted octanol–water partition coefficient (Wildman–Crippen LogP) is 4.12. The number of methoxy groups -OCH3 is 1. The fraction of sp³-hybridized carbons (Fsp3) is 0.125. The molecule has 23 heavy (non-hydrogen) atoms. The number of rotatable bonds is 6. The Morgan fingerprint density at radius 2 is 1.96 bits per heavy atom. The Bertz CT molecular complexity index is 730. The number of carbonyl (C=O) groups is 1. The summed E-state index contributed by atoms with van der Waals surface area (Å²) in [4.78, 5) is 15.1. The minimum atomic E-state index is -1.03. The number of halogens is 2. The average Bonchev–Trinajstić information content (AvgIpc) is 2.52. The Morgan fingerprint density at radius 1 is 1.26 bits per heavy atom. The molecule has 0 saturated heterocycles. The number of carboxylic acid groups (broad SMARTS) is 1. The molecule has 0 fully saturated rings. The van der Waals surface area contributed by atoms with Gasteiger partial charge < -0.3 is 14.6 Å². The van der Waals surface area contributed by atoms with E-state index in [9.17, 15) is 4.79 Å². The third-order valence-electron chi connectivity index (χ3n) is 2.78. The van der Waals surface area contributed by atoms with Crippen molar-refractivity contribution in [1.82, 2.24) is 0 Å². The number of aliphatic carboxylic acids is 1. The SMILES string of the molecule is COc1cc(C=Nc2ccc(I)cc2)cc(I)c1OCC(=O)O. The summed E-state index contributed by atoms with van der Waals surface area (Å²) in [7, 11) is 1.51. The molecule has 7 heteroatoms. The third-order valence-corrected chi connectivity index (χ3v) is 4.30. The van der Waals surface area contributed by atoms with Crippen LogP contribution >= 0.6 is 45.2 Å². The lowest BCUT2D eigenvalue weighted by molar-refractivity contribution is -0.139. The second-order valence-corrected chi connectivity index (χ2v) is 6.86. The van der Waals surface area contributed by atoms with Gasteiger partial charge >= 0.3 is 5.97 Å². The zero-order valence-electron chi connectivity index (χ0n) is 12.1. The zero-order chi connectivity index (χ0) is 16.8. The van der Waals surface area contributed by atoms with E-state index in [2.05, 4.69) is 50.2 Å². The lowest BCUT2D eigenvalue weighted by Gasteiger charge is -2.12. The maximum Gasteiger partial charge on any atom is 0.341 e. The van der Waals surface area contributed by atoms with Crippen LogP contribution in [0.2, 0.25) is 0 Å². The average molecular weight is 537 g/mol. The Balaban J connectivity index is 2.24. The van der Waals surface area contributed by atoms with E-state index < -0.39 is 12.6 Å². The summed E-state index contributed by atoms with van der Waals surface area (Å²) in [5.41, 5.74) is 1.69. The normalized spacial score (nSPS) is 10.7. The molecule has 120 valence electrons. The van der Waals surface area contributed by atoms with Gasteiger partial charge in [0.25, 0.3) is 0 Å². The van der Waals surface area contributed by atoms with Crippen LogP contribution in [0.25, 0.3) is 0 Å². The number of ether oxygens (including phenoxy) is 2. The quantitative estimate of drug-likeness (QED) is 0.445. The van der Waals surface area contributed by atoms with Gasteiger partial charge in [-0.3, -0.25) is 4.99 Å². The van der Waals surface area contributed by atoms with Crippen molar-refractivity contribution in [2.24, 2.45) is 4.99 Å². The van der Waals surface area contributed by atoms with Gasteiger partial charge in [0.1, 0.15) is 0 Å². The van der Waals surface area contributed by atoms with Gasteiger partial charge in [0.15, 0.2) is 18.1 Å². The lowest BCUT2D eigenvalue weighted by atomic mass is 10.2. The minimum absolute atomic E-state index is 0.414. The van der Waals surface area contributed by atoms with Crippen LogP contribution < -0.4 is 9.47 Å². The van der Waals surface area contributed by atoms with Crippen molar-refractivity contribution in [3.05, 3.63) is 49.1 Å². The summed E-state index contributed by atoms with van der Waals surface area (Å²) >= 11 is 4.32. The molecule has 5 nitrogen and oxygen atoms in total. The van der Waals surface area contributed by atoms with Crippen LogP contribution in [0.5, 0.6) is 11.5 Å². The summed E-state index contributed by atoms with van der Waals surface area (Å²) in [5.74, 6) is -0.142. The summed E-state index contributed by atoms with van der Waals surface area (Å²) in [6.07, 6.45) is 1.73. The topological polar surface area (TPSA) is 68.1 Å². The molecule has 0 aliphatic rings. The molecule has 0 radical (unpaired) electrons. The van der Waals surface area contributed by atoms with E-state index in [1.807, 2.05) is 30.3 Å². The molecule has 0 aliphatic carbocycles. The van der Waals surface area contributed by atoms with Crippen molar-refractivity contribution in [3.8, 4) is 11.5 Å². The number of nitrogens with zero attached hydrogens (tertiary/aromatic N) is 1. The minimum Gasteiger partial charge on any atom is -0.493 e. The van der Waals surface area contributed by atoms with Crippen LogP contribution in [-0.2, 0) is 4.79 Å². The van der Waals surface area contributed by atoms with E-state index in [4.69, 9.17) is 14.6 Å². The van der Waals surface area contributed by atoms with Crippen molar-refractivity contribution in [2.75, 3.05) is 13.7 Å². The highest BCUT2D eigenvalue weighted by Crippen LogP contribution is 2.33. The van der Waals surface area contributed by atoms with Gasteiger partial charge in [-0.1, -0.05) is 0 Å². The van der Waals surface area contributed by atoms with Gasteiger partial charge in [0.05, 0.1) is 16.4 Å². The summed E-state index contributed by atoms with van der Waals surface area (Å²) in [6.45, 7) is -0.414. The first-order chi connectivity index (χ1) is 11.0. The molecule has 0 aliphatic heterocycles. The van der Waals surface area contributed by atoms with Crippen LogP contribution in [0, 0.1) is 7.14 Å². The molecule has 2 aromatic carbocycles. The molecule has 0 saturated carbocycles. The monoisotopic (exact) mass is 537 g/mol. The summed E-state index contributed by atoms with van der Waals surface area (Å²) < 4.78 is 12.5. The smallest absolute Gasteiger partial charge is 0.341 e. The molecule has 0 spiro atoms. The van der Waals surface area contributed by atoms with E-state index in [0.717, 1.165) is 18.4 Å². The van der Waals surface area contributed by atoms with Gasteiger partial charge in [-0.15, -0.1) is 0 Å². The van der Waals surface area contributed by atoms with Gasteiger partial charge in [-0.05, 0) is 87.1 Å². The Morgan fingerprint density at radius 3 is 2.57 bits per heavy atom. The molecule has 0 amide bonds. The fourth-order valence-corrected chi connectivity index (χ4v) is 2.91. The van der Waals surface area contributed by atoms with Crippen LogP contribution in [0.4, 0.5) is 5.69 Å². The molecular formula is C16H13I2NO4. The molecule has 0 aromatic heterocycles.